The molecule has 0 N–H and O–H groups in total. The highest BCUT2D eigenvalue weighted by Crippen LogP contribution is 2.46. The largest absolute Gasteiger partial charge is 0.322 e. The fraction of sp³-hybridized carbons (Fsp3) is 0.929. The number of hydrogen-bond acceptors (Lipinski definition) is 3. The van der Waals surface area contributed by atoms with Crippen molar-refractivity contribution in [2.24, 2.45) is 5.92 Å². The van der Waals surface area contributed by atoms with Gasteiger partial charge in [0, 0.05) is 12.1 Å². The Balaban J connectivity index is 4.57. The van der Waals surface area contributed by atoms with E-state index in [0.29, 0.717) is 31.2 Å². The second kappa shape index (κ2) is 10.6. The molecule has 0 bridgehead atoms. The van der Waals surface area contributed by atoms with Crippen molar-refractivity contribution in [1.29, 1.82) is 0 Å². The SMILES string of the molecule is [C-]#[N+]CCOP(OCC(C)CC)N(C(C)C)C(C)C. The molecule has 0 aliphatic heterocycles. The summed E-state index contributed by atoms with van der Waals surface area (Å²) in [7, 11) is -1.06. The zero-order valence-electron chi connectivity index (χ0n) is 13.2. The Morgan fingerprint density at radius 1 is 1.11 bits per heavy atom. The summed E-state index contributed by atoms with van der Waals surface area (Å²) in [6, 6.07) is 0.743. The van der Waals surface area contributed by atoms with Crippen LogP contribution in [0.4, 0.5) is 0 Å². The van der Waals surface area contributed by atoms with Crippen LogP contribution in [-0.2, 0) is 9.05 Å². The van der Waals surface area contributed by atoms with Crippen LogP contribution in [0.25, 0.3) is 4.85 Å². The minimum absolute atomic E-state index is 0.371. The van der Waals surface area contributed by atoms with E-state index in [9.17, 15) is 0 Å². The molecule has 0 fully saturated rings. The standard InChI is InChI=1S/C14H29N2O2P/c1-8-14(6)11-18-19(17-10-9-15-7)16(12(2)3)13(4)5/h12-14H,8-11H2,1-6H3. The fourth-order valence-corrected chi connectivity index (χ4v) is 3.33. The van der Waals surface area contributed by atoms with Gasteiger partial charge in [0.25, 0.3) is 8.53 Å². The average molecular weight is 288 g/mol. The van der Waals surface area contributed by atoms with Gasteiger partial charge in [-0.25, -0.2) is 11.2 Å². The Morgan fingerprint density at radius 2 is 1.68 bits per heavy atom. The molecule has 0 aromatic heterocycles. The van der Waals surface area contributed by atoms with Crippen LogP contribution in [0.5, 0.6) is 0 Å². The van der Waals surface area contributed by atoms with E-state index in [1.807, 2.05) is 0 Å². The second-order valence-electron chi connectivity index (χ2n) is 5.33. The first-order valence-corrected chi connectivity index (χ1v) is 8.24. The Bertz CT molecular complexity index is 259. The van der Waals surface area contributed by atoms with Crippen LogP contribution in [0.3, 0.4) is 0 Å². The van der Waals surface area contributed by atoms with Crippen LogP contribution < -0.4 is 0 Å². The van der Waals surface area contributed by atoms with E-state index < -0.39 is 8.53 Å². The quantitative estimate of drug-likeness (QED) is 0.340. The molecule has 0 aromatic carbocycles. The van der Waals surface area contributed by atoms with Crippen LogP contribution >= 0.6 is 8.53 Å². The molecule has 112 valence electrons. The molecule has 0 amide bonds. The van der Waals surface area contributed by atoms with Crippen LogP contribution in [0.2, 0.25) is 0 Å². The highest BCUT2D eigenvalue weighted by atomic mass is 31.2. The van der Waals surface area contributed by atoms with E-state index in [1.54, 1.807) is 0 Å². The molecule has 0 aliphatic carbocycles. The van der Waals surface area contributed by atoms with E-state index in [-0.39, 0.29) is 0 Å². The van der Waals surface area contributed by atoms with Crippen LogP contribution in [0.15, 0.2) is 0 Å². The lowest BCUT2D eigenvalue weighted by atomic mass is 10.1. The molecule has 0 radical (unpaired) electrons. The monoisotopic (exact) mass is 288 g/mol. The molecule has 2 atom stereocenters. The summed E-state index contributed by atoms with van der Waals surface area (Å²) in [5.74, 6) is 0.538. The average Bonchev–Trinajstić information content (AvgIpc) is 2.34. The molecule has 0 spiro atoms. The topological polar surface area (TPSA) is 26.1 Å². The number of hydrogen-bond donors (Lipinski definition) is 0. The van der Waals surface area contributed by atoms with Crippen molar-refractivity contribution in [3.05, 3.63) is 11.4 Å². The van der Waals surface area contributed by atoms with Gasteiger partial charge in [-0.3, -0.25) is 0 Å². The van der Waals surface area contributed by atoms with E-state index in [0.717, 1.165) is 13.0 Å². The molecule has 19 heavy (non-hydrogen) atoms. The molecule has 0 aliphatic rings. The summed E-state index contributed by atoms with van der Waals surface area (Å²) in [4.78, 5) is 3.33. The molecule has 0 saturated heterocycles. The van der Waals surface area contributed by atoms with Gasteiger partial charge in [0.2, 0.25) is 6.54 Å². The summed E-state index contributed by atoms with van der Waals surface area (Å²) >= 11 is 0. The smallest absolute Gasteiger partial charge is 0.259 e. The maximum absolute atomic E-state index is 6.82. The number of nitrogens with zero attached hydrogens (tertiary/aromatic N) is 2. The zero-order valence-corrected chi connectivity index (χ0v) is 14.1. The molecule has 0 aromatic rings. The molecule has 5 heteroatoms. The van der Waals surface area contributed by atoms with E-state index in [4.69, 9.17) is 15.6 Å². The van der Waals surface area contributed by atoms with Gasteiger partial charge >= 0.3 is 0 Å². The maximum atomic E-state index is 6.82. The van der Waals surface area contributed by atoms with Gasteiger partial charge in [-0.1, -0.05) is 20.3 Å². The first-order chi connectivity index (χ1) is 8.93. The number of rotatable bonds is 10. The molecular weight excluding hydrogens is 259 g/mol. The zero-order chi connectivity index (χ0) is 14.8. The maximum Gasteiger partial charge on any atom is 0.259 e. The summed E-state index contributed by atoms with van der Waals surface area (Å²) in [6.07, 6.45) is 1.11. The lowest BCUT2D eigenvalue weighted by Gasteiger charge is -2.35. The third-order valence-electron chi connectivity index (χ3n) is 2.82. The Labute approximate surface area is 120 Å². The predicted octanol–water partition coefficient (Wildman–Crippen LogP) is 4.33. The van der Waals surface area contributed by atoms with Crippen molar-refractivity contribution in [3.63, 3.8) is 0 Å². The van der Waals surface area contributed by atoms with Gasteiger partial charge in [-0.15, -0.1) is 0 Å². The van der Waals surface area contributed by atoms with Crippen molar-refractivity contribution < 1.29 is 9.05 Å². The molecular formula is C14H29N2O2P. The first-order valence-electron chi connectivity index (χ1n) is 7.11. The van der Waals surface area contributed by atoms with E-state index >= 15 is 0 Å². The molecule has 2 unspecified atom stereocenters. The minimum Gasteiger partial charge on any atom is -0.322 e. The Kier molecular flexibility index (Phi) is 10.5. The lowest BCUT2D eigenvalue weighted by molar-refractivity contribution is 0.162. The van der Waals surface area contributed by atoms with Gasteiger partial charge in [0.05, 0.1) is 6.61 Å². The van der Waals surface area contributed by atoms with Crippen molar-refractivity contribution in [2.75, 3.05) is 19.8 Å². The molecule has 0 rings (SSSR count). The summed E-state index contributed by atoms with van der Waals surface area (Å²) in [5, 5.41) is 0. The van der Waals surface area contributed by atoms with Crippen molar-refractivity contribution in [1.82, 2.24) is 4.67 Å². The van der Waals surface area contributed by atoms with Crippen LogP contribution in [0, 0.1) is 12.5 Å². The van der Waals surface area contributed by atoms with Gasteiger partial charge in [-0.2, -0.15) is 0 Å². The molecule has 4 nitrogen and oxygen atoms in total. The minimum atomic E-state index is -1.06. The normalized spacial score (nSPS) is 14.9. The van der Waals surface area contributed by atoms with Crippen LogP contribution in [0.1, 0.15) is 48.0 Å². The van der Waals surface area contributed by atoms with E-state index in [1.165, 1.54) is 0 Å². The van der Waals surface area contributed by atoms with Crippen molar-refractivity contribution >= 4 is 8.53 Å². The van der Waals surface area contributed by atoms with E-state index in [2.05, 4.69) is 51.1 Å². The van der Waals surface area contributed by atoms with Crippen molar-refractivity contribution in [2.45, 2.75) is 60.0 Å². The van der Waals surface area contributed by atoms with Crippen LogP contribution in [-0.4, -0.2) is 36.5 Å². The predicted molar refractivity (Wildman–Crippen MR) is 81.9 cm³/mol. The first kappa shape index (κ1) is 18.8. The fourth-order valence-electron chi connectivity index (χ4n) is 1.62. The summed E-state index contributed by atoms with van der Waals surface area (Å²) < 4.78 is 14.1. The Morgan fingerprint density at radius 3 is 2.11 bits per heavy atom. The van der Waals surface area contributed by atoms with Gasteiger partial charge < -0.3 is 13.9 Å². The Hall–Kier alpha value is -0.200. The third kappa shape index (κ3) is 7.84. The second-order valence-corrected chi connectivity index (χ2v) is 6.78. The highest BCUT2D eigenvalue weighted by molar-refractivity contribution is 7.44. The summed E-state index contributed by atoms with van der Waals surface area (Å²) in [5.41, 5.74) is 0. The van der Waals surface area contributed by atoms with Crippen molar-refractivity contribution in [3.8, 4) is 0 Å². The molecule has 0 saturated carbocycles. The molecule has 0 heterocycles. The highest BCUT2D eigenvalue weighted by Gasteiger charge is 2.27. The third-order valence-corrected chi connectivity index (χ3v) is 4.89. The summed E-state index contributed by atoms with van der Waals surface area (Å²) in [6.45, 7) is 21.3. The van der Waals surface area contributed by atoms with Gasteiger partial charge in [0.15, 0.2) is 0 Å². The van der Waals surface area contributed by atoms with Gasteiger partial charge in [-0.05, 0) is 33.6 Å². The van der Waals surface area contributed by atoms with Gasteiger partial charge in [0.1, 0.15) is 6.61 Å². The lowest BCUT2D eigenvalue weighted by Crippen LogP contribution is -2.34.